The molecule has 0 aliphatic carbocycles. The molecular formula is C12H21Cl6O4P. The molecule has 0 saturated heterocycles. The van der Waals surface area contributed by atoms with Crippen molar-refractivity contribution in [3.8, 4) is 0 Å². The number of hydrogen-bond donors (Lipinski definition) is 0. The Morgan fingerprint density at radius 1 is 0.609 bits per heavy atom. The molecule has 0 spiro atoms. The van der Waals surface area contributed by atoms with Gasteiger partial charge in [-0.15, -0.1) is 69.6 Å². The van der Waals surface area contributed by atoms with E-state index >= 15 is 0 Å². The predicted molar refractivity (Wildman–Crippen MR) is 99.6 cm³/mol. The first-order valence-corrected chi connectivity index (χ1v) is 11.2. The van der Waals surface area contributed by atoms with Crippen molar-refractivity contribution < 1.29 is 18.1 Å². The summed E-state index contributed by atoms with van der Waals surface area (Å²) in [5.41, 5.74) is 0. The molecule has 0 heterocycles. The SMILES string of the molecule is O=P(OCCCC(Cl)Cl)(OCCCC(Cl)Cl)OCCCC(Cl)Cl. The molecule has 0 fully saturated rings. The number of halogens is 6. The first kappa shape index (κ1) is 24.8. The van der Waals surface area contributed by atoms with Gasteiger partial charge in [-0.3, -0.25) is 13.6 Å². The van der Waals surface area contributed by atoms with Crippen LogP contribution in [0.3, 0.4) is 0 Å². The summed E-state index contributed by atoms with van der Waals surface area (Å²) in [6, 6.07) is 0. The summed E-state index contributed by atoms with van der Waals surface area (Å²) in [7, 11) is -3.66. The zero-order valence-corrected chi connectivity index (χ0v) is 17.9. The van der Waals surface area contributed by atoms with Crippen LogP contribution in [0.15, 0.2) is 0 Å². The summed E-state index contributed by atoms with van der Waals surface area (Å²) >= 11 is 33.7. The van der Waals surface area contributed by atoms with Crippen molar-refractivity contribution in [2.24, 2.45) is 0 Å². The van der Waals surface area contributed by atoms with Gasteiger partial charge in [0.25, 0.3) is 0 Å². The van der Waals surface area contributed by atoms with Gasteiger partial charge in [0.2, 0.25) is 0 Å². The number of phosphoric ester groups is 1. The third-order valence-corrected chi connectivity index (χ3v) is 5.25. The highest BCUT2D eigenvalue weighted by molar-refractivity contribution is 7.48. The largest absolute Gasteiger partial charge is 0.474 e. The molecule has 0 atom stereocenters. The molecule has 4 nitrogen and oxygen atoms in total. The van der Waals surface area contributed by atoms with Gasteiger partial charge in [-0.1, -0.05) is 0 Å². The van der Waals surface area contributed by atoms with Gasteiger partial charge in [0.05, 0.1) is 19.8 Å². The van der Waals surface area contributed by atoms with Gasteiger partial charge in [0.15, 0.2) is 0 Å². The van der Waals surface area contributed by atoms with Crippen LogP contribution in [0.2, 0.25) is 0 Å². The van der Waals surface area contributed by atoms with E-state index in [9.17, 15) is 4.57 Å². The van der Waals surface area contributed by atoms with Gasteiger partial charge in [-0.05, 0) is 38.5 Å². The zero-order valence-electron chi connectivity index (χ0n) is 12.4. The van der Waals surface area contributed by atoms with Crippen molar-refractivity contribution >= 4 is 77.4 Å². The highest BCUT2D eigenvalue weighted by Crippen LogP contribution is 2.50. The summed E-state index contributed by atoms with van der Waals surface area (Å²) in [6.07, 6.45) is 3.15. The van der Waals surface area contributed by atoms with E-state index in [1.54, 1.807) is 0 Å². The number of rotatable bonds is 15. The second-order valence-corrected chi connectivity index (χ2v) is 10.0. The topological polar surface area (TPSA) is 44.8 Å². The van der Waals surface area contributed by atoms with Crippen LogP contribution in [0.4, 0.5) is 0 Å². The van der Waals surface area contributed by atoms with Crippen molar-refractivity contribution in [2.75, 3.05) is 19.8 Å². The average molecular weight is 473 g/mol. The fourth-order valence-electron chi connectivity index (χ4n) is 1.35. The Balaban J connectivity index is 4.19. The summed E-state index contributed by atoms with van der Waals surface area (Å²) < 4.78 is 28.3. The van der Waals surface area contributed by atoms with Crippen LogP contribution in [-0.4, -0.2) is 34.3 Å². The monoisotopic (exact) mass is 470 g/mol. The smallest absolute Gasteiger partial charge is 0.287 e. The molecule has 0 saturated carbocycles. The van der Waals surface area contributed by atoms with Crippen LogP contribution in [-0.2, 0) is 18.1 Å². The minimum absolute atomic E-state index is 0.161. The van der Waals surface area contributed by atoms with Crippen molar-refractivity contribution in [3.05, 3.63) is 0 Å². The average Bonchev–Trinajstić information content (AvgIpc) is 2.44. The standard InChI is InChI=1S/C12H21Cl6O4P/c13-10(14)4-1-7-20-23(19,21-8-2-5-11(15)16)22-9-3-6-12(17)18/h10-12H,1-9H2. The lowest BCUT2D eigenvalue weighted by atomic mass is 10.4. The van der Waals surface area contributed by atoms with Crippen LogP contribution < -0.4 is 0 Å². The van der Waals surface area contributed by atoms with E-state index in [-0.39, 0.29) is 19.8 Å². The molecule has 0 amide bonds. The van der Waals surface area contributed by atoms with E-state index in [0.29, 0.717) is 38.5 Å². The second kappa shape index (κ2) is 15.0. The Labute approximate surface area is 167 Å². The molecule has 0 aliphatic heterocycles. The minimum atomic E-state index is -3.66. The van der Waals surface area contributed by atoms with E-state index in [4.69, 9.17) is 83.2 Å². The summed E-state index contributed by atoms with van der Waals surface area (Å²) in [6.45, 7) is 0.484. The minimum Gasteiger partial charge on any atom is -0.287 e. The molecule has 11 heteroatoms. The van der Waals surface area contributed by atoms with E-state index in [2.05, 4.69) is 0 Å². The zero-order chi connectivity index (χ0) is 17.7. The molecule has 0 aliphatic rings. The Morgan fingerprint density at radius 2 is 0.870 bits per heavy atom. The van der Waals surface area contributed by atoms with Gasteiger partial charge in [0, 0.05) is 0 Å². The van der Waals surface area contributed by atoms with Crippen LogP contribution in [0.25, 0.3) is 0 Å². The van der Waals surface area contributed by atoms with Crippen molar-refractivity contribution in [3.63, 3.8) is 0 Å². The van der Waals surface area contributed by atoms with Crippen molar-refractivity contribution in [1.29, 1.82) is 0 Å². The molecule has 140 valence electrons. The molecular weight excluding hydrogens is 452 g/mol. The highest BCUT2D eigenvalue weighted by atomic mass is 35.5. The molecule has 0 unspecified atom stereocenters. The van der Waals surface area contributed by atoms with Crippen molar-refractivity contribution in [2.45, 2.75) is 53.0 Å². The summed E-state index contributed by atoms with van der Waals surface area (Å²) in [4.78, 5) is -1.48. The number of hydrogen-bond acceptors (Lipinski definition) is 4. The first-order chi connectivity index (χ1) is 10.7. The van der Waals surface area contributed by atoms with Crippen LogP contribution >= 0.6 is 77.4 Å². The number of alkyl halides is 6. The highest BCUT2D eigenvalue weighted by Gasteiger charge is 2.26. The lowest BCUT2D eigenvalue weighted by Gasteiger charge is -2.18. The van der Waals surface area contributed by atoms with Crippen LogP contribution in [0.1, 0.15) is 38.5 Å². The van der Waals surface area contributed by atoms with Gasteiger partial charge >= 0.3 is 7.82 Å². The van der Waals surface area contributed by atoms with Crippen LogP contribution in [0.5, 0.6) is 0 Å². The maximum Gasteiger partial charge on any atom is 0.474 e. The van der Waals surface area contributed by atoms with E-state index in [1.807, 2.05) is 0 Å². The molecule has 0 N–H and O–H groups in total. The van der Waals surface area contributed by atoms with Gasteiger partial charge in [-0.25, -0.2) is 4.57 Å². The lowest BCUT2D eigenvalue weighted by molar-refractivity contribution is 0.109. The predicted octanol–water partition coefficient (Wildman–Crippen LogP) is 6.90. The molecule has 23 heavy (non-hydrogen) atoms. The van der Waals surface area contributed by atoms with Gasteiger partial charge in [-0.2, -0.15) is 0 Å². The maximum absolute atomic E-state index is 12.5. The Bertz CT molecular complexity index is 285. The normalized spacial score (nSPS) is 12.7. The molecule has 0 aromatic carbocycles. The molecule has 0 bridgehead atoms. The first-order valence-electron chi connectivity index (χ1n) is 7.13. The lowest BCUT2D eigenvalue weighted by Crippen LogP contribution is -2.06. The molecule has 0 aromatic heterocycles. The summed E-state index contributed by atoms with van der Waals surface area (Å²) in [5, 5.41) is 0. The van der Waals surface area contributed by atoms with Gasteiger partial charge < -0.3 is 0 Å². The third kappa shape index (κ3) is 17.0. The molecule has 0 radical (unpaired) electrons. The molecule has 0 rings (SSSR count). The molecule has 0 aromatic rings. The Kier molecular flexibility index (Phi) is 16.2. The van der Waals surface area contributed by atoms with E-state index < -0.39 is 22.3 Å². The number of phosphoric acid groups is 1. The second-order valence-electron chi connectivity index (χ2n) is 4.55. The quantitative estimate of drug-likeness (QED) is 0.148. The Hall–Kier alpha value is 1.85. The third-order valence-electron chi connectivity index (χ3n) is 2.45. The van der Waals surface area contributed by atoms with Crippen molar-refractivity contribution in [1.82, 2.24) is 0 Å². The fourth-order valence-corrected chi connectivity index (χ4v) is 3.56. The maximum atomic E-state index is 12.5. The van der Waals surface area contributed by atoms with E-state index in [0.717, 1.165) is 0 Å². The summed E-state index contributed by atoms with van der Waals surface area (Å²) in [5.74, 6) is 0. The Morgan fingerprint density at radius 3 is 1.09 bits per heavy atom. The van der Waals surface area contributed by atoms with Crippen LogP contribution in [0, 0.1) is 0 Å². The van der Waals surface area contributed by atoms with Gasteiger partial charge in [0.1, 0.15) is 14.5 Å². The fraction of sp³-hybridized carbons (Fsp3) is 1.00. The van der Waals surface area contributed by atoms with E-state index in [1.165, 1.54) is 0 Å².